The molecule has 0 N–H and O–H groups in total. The smallest absolute Gasteiger partial charge is 0.0181 e. The number of benzene rings is 3. The van der Waals surface area contributed by atoms with Crippen LogP contribution >= 0.6 is 31.9 Å². The number of hydrogen-bond acceptors (Lipinski definition) is 0. The Morgan fingerprint density at radius 3 is 2.36 bits per heavy atom. The Bertz CT molecular complexity index is 907. The van der Waals surface area contributed by atoms with Gasteiger partial charge >= 0.3 is 0 Å². The number of rotatable bonds is 0. The highest BCUT2D eigenvalue weighted by molar-refractivity contribution is 9.10. The molecule has 0 spiro atoms. The molecule has 0 heterocycles. The minimum atomic E-state index is 0.0357. The number of fused-ring (bicyclic) bond motifs is 4. The highest BCUT2D eigenvalue weighted by Crippen LogP contribution is 2.44. The minimum Gasteiger partial charge on any atom is -0.0573 e. The average Bonchev–Trinajstić information content (AvgIpc) is 2.47. The van der Waals surface area contributed by atoms with Gasteiger partial charge in [-0.25, -0.2) is 0 Å². The predicted molar refractivity (Wildman–Crippen MR) is 101 cm³/mol. The van der Waals surface area contributed by atoms with Crippen molar-refractivity contribution < 1.29 is 0 Å². The van der Waals surface area contributed by atoms with Gasteiger partial charge < -0.3 is 0 Å². The van der Waals surface area contributed by atoms with Gasteiger partial charge in [-0.3, -0.25) is 0 Å². The molecule has 1 aliphatic rings. The van der Waals surface area contributed by atoms with E-state index in [2.05, 4.69) is 94.2 Å². The van der Waals surface area contributed by atoms with Crippen molar-refractivity contribution in [1.29, 1.82) is 0 Å². The lowest BCUT2D eigenvalue weighted by molar-refractivity contribution is 0.612. The van der Waals surface area contributed by atoms with Gasteiger partial charge in [0.2, 0.25) is 0 Å². The summed E-state index contributed by atoms with van der Waals surface area (Å²) in [6.07, 6.45) is 1.01. The van der Waals surface area contributed by atoms with E-state index in [1.165, 1.54) is 33.0 Å². The highest BCUT2D eigenvalue weighted by atomic mass is 79.9. The molecule has 3 aromatic rings. The summed E-state index contributed by atoms with van der Waals surface area (Å²) in [6.45, 7) is 4.67. The molecule has 3 aromatic carbocycles. The van der Waals surface area contributed by atoms with E-state index < -0.39 is 0 Å². The van der Waals surface area contributed by atoms with Crippen LogP contribution in [0.3, 0.4) is 0 Å². The van der Waals surface area contributed by atoms with Crippen LogP contribution in [0.5, 0.6) is 0 Å². The molecule has 22 heavy (non-hydrogen) atoms. The number of hydrogen-bond donors (Lipinski definition) is 0. The normalized spacial score (nSPS) is 15.5. The molecule has 0 atom stereocenters. The Balaban J connectivity index is 2.04. The fourth-order valence-corrected chi connectivity index (χ4v) is 4.50. The molecule has 4 rings (SSSR count). The second-order valence-electron chi connectivity index (χ2n) is 6.56. The lowest BCUT2D eigenvalue weighted by Gasteiger charge is -2.36. The zero-order chi connectivity index (χ0) is 15.5. The number of halogens is 2. The molecule has 0 amide bonds. The zero-order valence-corrected chi connectivity index (χ0v) is 15.8. The largest absolute Gasteiger partial charge is 0.0573 e. The Morgan fingerprint density at radius 1 is 0.818 bits per heavy atom. The van der Waals surface area contributed by atoms with Crippen LogP contribution in [0.2, 0.25) is 0 Å². The van der Waals surface area contributed by atoms with Gasteiger partial charge in [-0.1, -0.05) is 70.0 Å². The van der Waals surface area contributed by atoms with Crippen LogP contribution in [-0.4, -0.2) is 0 Å². The molecule has 0 aromatic heterocycles. The van der Waals surface area contributed by atoms with Crippen molar-refractivity contribution in [3.63, 3.8) is 0 Å². The van der Waals surface area contributed by atoms with Crippen molar-refractivity contribution in [1.82, 2.24) is 0 Å². The van der Waals surface area contributed by atoms with Crippen LogP contribution in [0.1, 0.15) is 36.1 Å². The third kappa shape index (κ3) is 2.08. The maximum atomic E-state index is 3.62. The first-order valence-corrected chi connectivity index (χ1v) is 9.06. The van der Waals surface area contributed by atoms with Crippen LogP contribution < -0.4 is 0 Å². The molecule has 0 saturated carbocycles. The van der Waals surface area contributed by atoms with Gasteiger partial charge in [-0.15, -0.1) is 0 Å². The van der Waals surface area contributed by atoms with Crippen molar-refractivity contribution in [2.45, 2.75) is 25.7 Å². The van der Waals surface area contributed by atoms with Crippen LogP contribution in [0.15, 0.2) is 57.5 Å². The lowest BCUT2D eigenvalue weighted by atomic mass is 9.68. The summed E-state index contributed by atoms with van der Waals surface area (Å²) in [7, 11) is 0. The Morgan fingerprint density at radius 2 is 1.55 bits per heavy atom. The standard InChI is InChI=1S/C20H16Br2/c1-20(2)18-8-4-12-9-14(21)6-7-16(12)17(18)10-13-3-5-15(22)11-19(13)20/h3-9,11H,10H2,1-2H3. The molecule has 0 aliphatic heterocycles. The average molecular weight is 416 g/mol. The van der Waals surface area contributed by atoms with Crippen LogP contribution in [0.25, 0.3) is 10.8 Å². The van der Waals surface area contributed by atoms with Crippen molar-refractivity contribution in [2.24, 2.45) is 0 Å². The fourth-order valence-electron chi connectivity index (χ4n) is 3.76. The van der Waals surface area contributed by atoms with E-state index in [-0.39, 0.29) is 5.41 Å². The van der Waals surface area contributed by atoms with Crippen LogP contribution in [0.4, 0.5) is 0 Å². The monoisotopic (exact) mass is 414 g/mol. The molecule has 0 unspecified atom stereocenters. The van der Waals surface area contributed by atoms with Gasteiger partial charge in [0.05, 0.1) is 0 Å². The van der Waals surface area contributed by atoms with E-state index in [4.69, 9.17) is 0 Å². The summed E-state index contributed by atoms with van der Waals surface area (Å²) in [4.78, 5) is 0. The molecule has 0 bridgehead atoms. The maximum Gasteiger partial charge on any atom is 0.0181 e. The summed E-state index contributed by atoms with van der Waals surface area (Å²) in [6, 6.07) is 17.9. The SMILES string of the molecule is CC1(C)c2cc(Br)ccc2Cc2c1ccc1cc(Br)ccc21. The topological polar surface area (TPSA) is 0 Å². The molecule has 2 heteroatoms. The summed E-state index contributed by atoms with van der Waals surface area (Å²) >= 11 is 7.20. The second-order valence-corrected chi connectivity index (χ2v) is 8.39. The lowest BCUT2D eigenvalue weighted by Crippen LogP contribution is -2.27. The minimum absolute atomic E-state index is 0.0357. The first kappa shape index (κ1) is 14.5. The zero-order valence-electron chi connectivity index (χ0n) is 12.6. The van der Waals surface area contributed by atoms with E-state index in [1.807, 2.05) is 0 Å². The molecular formula is C20H16Br2. The Labute approximate surface area is 147 Å². The van der Waals surface area contributed by atoms with Gasteiger partial charge in [-0.2, -0.15) is 0 Å². The van der Waals surface area contributed by atoms with E-state index in [0.29, 0.717) is 0 Å². The molecule has 0 radical (unpaired) electrons. The third-order valence-corrected chi connectivity index (χ3v) is 5.87. The van der Waals surface area contributed by atoms with E-state index in [1.54, 1.807) is 0 Å². The molecular weight excluding hydrogens is 400 g/mol. The van der Waals surface area contributed by atoms with E-state index in [0.717, 1.165) is 15.4 Å². The summed E-state index contributed by atoms with van der Waals surface area (Å²) in [5.74, 6) is 0. The fraction of sp³-hybridized carbons (Fsp3) is 0.200. The van der Waals surface area contributed by atoms with Gasteiger partial charge in [0, 0.05) is 14.4 Å². The van der Waals surface area contributed by atoms with Crippen molar-refractivity contribution >= 4 is 42.6 Å². The van der Waals surface area contributed by atoms with Crippen LogP contribution in [-0.2, 0) is 11.8 Å². The molecule has 0 nitrogen and oxygen atoms in total. The van der Waals surface area contributed by atoms with Gasteiger partial charge in [-0.05, 0) is 63.7 Å². The maximum absolute atomic E-state index is 3.62. The highest BCUT2D eigenvalue weighted by Gasteiger charge is 2.33. The van der Waals surface area contributed by atoms with Crippen LogP contribution in [0, 0.1) is 0 Å². The predicted octanol–water partition coefficient (Wildman–Crippen LogP) is 6.59. The van der Waals surface area contributed by atoms with E-state index in [9.17, 15) is 0 Å². The molecule has 1 aliphatic carbocycles. The van der Waals surface area contributed by atoms with Gasteiger partial charge in [0.25, 0.3) is 0 Å². The summed E-state index contributed by atoms with van der Waals surface area (Å²) in [5, 5.41) is 2.69. The molecule has 0 fully saturated rings. The van der Waals surface area contributed by atoms with Gasteiger partial charge in [0.1, 0.15) is 0 Å². The van der Waals surface area contributed by atoms with Crippen molar-refractivity contribution in [2.75, 3.05) is 0 Å². The Hall–Kier alpha value is -1.12. The Kier molecular flexibility index (Phi) is 3.25. The van der Waals surface area contributed by atoms with Crippen molar-refractivity contribution in [3.05, 3.63) is 79.7 Å². The van der Waals surface area contributed by atoms with Gasteiger partial charge in [0.15, 0.2) is 0 Å². The summed E-state index contributed by atoms with van der Waals surface area (Å²) in [5.41, 5.74) is 5.84. The molecule has 0 saturated heterocycles. The quantitative estimate of drug-likeness (QED) is 0.388. The first-order valence-electron chi connectivity index (χ1n) is 7.47. The second kappa shape index (κ2) is 4.94. The third-order valence-electron chi connectivity index (χ3n) is 4.88. The molecule has 110 valence electrons. The summed E-state index contributed by atoms with van der Waals surface area (Å²) < 4.78 is 2.30. The van der Waals surface area contributed by atoms with Crippen molar-refractivity contribution in [3.8, 4) is 0 Å². The first-order chi connectivity index (χ1) is 10.5. The van der Waals surface area contributed by atoms with E-state index >= 15 is 0 Å².